The lowest BCUT2D eigenvalue weighted by molar-refractivity contribution is -0.143. The summed E-state index contributed by atoms with van der Waals surface area (Å²) in [6, 6.07) is 0. The smallest absolute Gasteiger partial charge is 0.236 e. The first-order valence-corrected chi connectivity index (χ1v) is 5.61. The summed E-state index contributed by atoms with van der Waals surface area (Å²) in [5.41, 5.74) is 4.63. The van der Waals surface area contributed by atoms with Crippen LogP contribution in [-0.4, -0.2) is 58.4 Å². The van der Waals surface area contributed by atoms with Crippen molar-refractivity contribution < 1.29 is 20.2 Å². The summed E-state index contributed by atoms with van der Waals surface area (Å²) in [6.45, 7) is -0.0876. The maximum absolute atomic E-state index is 12.3. The first-order chi connectivity index (χ1) is 8.12. The van der Waals surface area contributed by atoms with E-state index < -0.39 is 5.41 Å². The maximum atomic E-state index is 12.3. The molecule has 7 nitrogen and oxygen atoms in total. The van der Waals surface area contributed by atoms with Gasteiger partial charge in [-0.1, -0.05) is 11.6 Å². The monoisotopic (exact) mass is 245 g/mol. The standard InChI is InChI=1S/C10H19N3O4/c11-8(12-17)10(2-1-3-10)9(16)13(4-6-14)5-7-15/h14-15,17H,1-7H2,(H2,11,12). The minimum absolute atomic E-state index is 0.0883. The summed E-state index contributed by atoms with van der Waals surface area (Å²) in [5.74, 6) is -0.378. The van der Waals surface area contributed by atoms with Crippen LogP contribution in [0.1, 0.15) is 19.3 Å². The van der Waals surface area contributed by atoms with Crippen molar-refractivity contribution in [1.29, 1.82) is 0 Å². The zero-order valence-corrected chi connectivity index (χ0v) is 9.67. The van der Waals surface area contributed by atoms with Gasteiger partial charge >= 0.3 is 0 Å². The van der Waals surface area contributed by atoms with Gasteiger partial charge in [0, 0.05) is 13.1 Å². The van der Waals surface area contributed by atoms with Gasteiger partial charge in [-0.2, -0.15) is 0 Å². The largest absolute Gasteiger partial charge is 0.409 e. The van der Waals surface area contributed by atoms with Crippen molar-refractivity contribution in [3.63, 3.8) is 0 Å². The summed E-state index contributed by atoms with van der Waals surface area (Å²) in [4.78, 5) is 13.6. The third-order valence-corrected chi connectivity index (χ3v) is 3.24. The number of aliphatic hydroxyl groups excluding tert-OH is 2. The lowest BCUT2D eigenvalue weighted by atomic mass is 9.67. The first-order valence-electron chi connectivity index (χ1n) is 5.61. The van der Waals surface area contributed by atoms with Crippen molar-refractivity contribution in [3.8, 4) is 0 Å². The van der Waals surface area contributed by atoms with Crippen LogP contribution in [0.25, 0.3) is 0 Å². The van der Waals surface area contributed by atoms with Gasteiger partial charge in [0.15, 0.2) is 5.84 Å². The van der Waals surface area contributed by atoms with E-state index in [-0.39, 0.29) is 38.0 Å². The predicted molar refractivity (Wildman–Crippen MR) is 60.4 cm³/mol. The second-order valence-electron chi connectivity index (χ2n) is 4.16. The number of aliphatic hydroxyl groups is 2. The SMILES string of the molecule is NC(=NO)C1(C(=O)N(CCO)CCO)CCC1. The van der Waals surface area contributed by atoms with Gasteiger partial charge in [-0.05, 0) is 12.8 Å². The summed E-state index contributed by atoms with van der Waals surface area (Å²) >= 11 is 0. The van der Waals surface area contributed by atoms with Crippen LogP contribution in [0.3, 0.4) is 0 Å². The molecule has 0 aromatic heterocycles. The van der Waals surface area contributed by atoms with E-state index in [1.165, 1.54) is 4.90 Å². The number of rotatable bonds is 6. The van der Waals surface area contributed by atoms with Gasteiger partial charge < -0.3 is 26.1 Å². The molecule has 0 radical (unpaired) electrons. The summed E-state index contributed by atoms with van der Waals surface area (Å²) in [6.07, 6.45) is 1.91. The van der Waals surface area contributed by atoms with Crippen molar-refractivity contribution in [2.24, 2.45) is 16.3 Å². The quantitative estimate of drug-likeness (QED) is 0.201. The van der Waals surface area contributed by atoms with Gasteiger partial charge in [-0.15, -0.1) is 0 Å². The van der Waals surface area contributed by atoms with E-state index in [1.54, 1.807) is 0 Å². The summed E-state index contributed by atoms with van der Waals surface area (Å²) in [5, 5.41) is 29.4. The Bertz CT molecular complexity index is 296. The highest BCUT2D eigenvalue weighted by atomic mass is 16.4. The molecule has 1 saturated carbocycles. The van der Waals surface area contributed by atoms with Crippen LogP contribution in [0.5, 0.6) is 0 Å². The highest BCUT2D eigenvalue weighted by molar-refractivity contribution is 6.07. The van der Waals surface area contributed by atoms with Crippen LogP contribution >= 0.6 is 0 Å². The molecule has 0 aromatic rings. The molecule has 0 saturated heterocycles. The van der Waals surface area contributed by atoms with Crippen molar-refractivity contribution in [1.82, 2.24) is 4.90 Å². The van der Waals surface area contributed by atoms with Crippen molar-refractivity contribution >= 4 is 11.7 Å². The Morgan fingerprint density at radius 1 is 1.29 bits per heavy atom. The summed E-state index contributed by atoms with van der Waals surface area (Å²) < 4.78 is 0. The normalized spacial score (nSPS) is 18.6. The summed E-state index contributed by atoms with van der Waals surface area (Å²) in [7, 11) is 0. The van der Waals surface area contributed by atoms with E-state index in [0.717, 1.165) is 6.42 Å². The number of oxime groups is 1. The maximum Gasteiger partial charge on any atom is 0.236 e. The molecule has 17 heavy (non-hydrogen) atoms. The molecular formula is C10H19N3O4. The predicted octanol–water partition coefficient (Wildman–Crippen LogP) is -1.28. The molecule has 0 aromatic carbocycles. The third-order valence-electron chi connectivity index (χ3n) is 3.24. The lowest BCUT2D eigenvalue weighted by Gasteiger charge is -2.42. The fourth-order valence-corrected chi connectivity index (χ4v) is 2.06. The van der Waals surface area contributed by atoms with Gasteiger partial charge in [0.25, 0.3) is 0 Å². The number of carbonyl (C=O) groups is 1. The average molecular weight is 245 g/mol. The minimum Gasteiger partial charge on any atom is -0.409 e. The molecule has 0 aliphatic heterocycles. The Labute approximate surface area is 99.5 Å². The molecule has 1 fully saturated rings. The van der Waals surface area contributed by atoms with E-state index in [1.807, 2.05) is 0 Å². The number of nitrogens with zero attached hydrogens (tertiary/aromatic N) is 2. The van der Waals surface area contributed by atoms with Crippen LogP contribution < -0.4 is 5.73 Å². The van der Waals surface area contributed by atoms with Crippen LogP contribution in [0.15, 0.2) is 5.16 Å². The van der Waals surface area contributed by atoms with Crippen LogP contribution in [-0.2, 0) is 4.79 Å². The van der Waals surface area contributed by atoms with Gasteiger partial charge in [-0.25, -0.2) is 0 Å². The Morgan fingerprint density at radius 2 is 1.82 bits per heavy atom. The number of amides is 1. The molecule has 1 aliphatic rings. The van der Waals surface area contributed by atoms with Crippen molar-refractivity contribution in [2.45, 2.75) is 19.3 Å². The molecule has 98 valence electrons. The van der Waals surface area contributed by atoms with Crippen LogP contribution in [0, 0.1) is 5.41 Å². The Hall–Kier alpha value is -1.34. The fourth-order valence-electron chi connectivity index (χ4n) is 2.06. The van der Waals surface area contributed by atoms with Gasteiger partial charge in [0.2, 0.25) is 5.91 Å². The second-order valence-corrected chi connectivity index (χ2v) is 4.16. The molecule has 0 unspecified atom stereocenters. The number of carbonyl (C=O) groups excluding carboxylic acids is 1. The molecular weight excluding hydrogens is 226 g/mol. The van der Waals surface area contributed by atoms with E-state index >= 15 is 0 Å². The lowest BCUT2D eigenvalue weighted by Crippen LogP contribution is -2.56. The van der Waals surface area contributed by atoms with Crippen molar-refractivity contribution in [2.75, 3.05) is 26.3 Å². The molecule has 5 N–H and O–H groups in total. The van der Waals surface area contributed by atoms with Gasteiger partial charge in [0.05, 0.1) is 13.2 Å². The molecule has 1 aliphatic carbocycles. The minimum atomic E-state index is -0.945. The number of hydrogen-bond acceptors (Lipinski definition) is 5. The van der Waals surface area contributed by atoms with Crippen LogP contribution in [0.2, 0.25) is 0 Å². The molecule has 0 bridgehead atoms. The fraction of sp³-hybridized carbons (Fsp3) is 0.800. The molecule has 0 heterocycles. The van der Waals surface area contributed by atoms with Crippen LogP contribution in [0.4, 0.5) is 0 Å². The van der Waals surface area contributed by atoms with E-state index in [2.05, 4.69) is 5.16 Å². The molecule has 0 spiro atoms. The topological polar surface area (TPSA) is 119 Å². The zero-order chi connectivity index (χ0) is 12.9. The number of nitrogens with two attached hydrogens (primary N) is 1. The van der Waals surface area contributed by atoms with E-state index in [9.17, 15) is 4.79 Å². The number of amidine groups is 1. The molecule has 7 heteroatoms. The van der Waals surface area contributed by atoms with Crippen molar-refractivity contribution in [3.05, 3.63) is 0 Å². The Kier molecular flexibility index (Phi) is 4.71. The molecule has 1 amide bonds. The zero-order valence-electron chi connectivity index (χ0n) is 9.67. The Morgan fingerprint density at radius 3 is 2.12 bits per heavy atom. The Balaban J connectivity index is 2.83. The average Bonchev–Trinajstić information content (AvgIpc) is 2.26. The van der Waals surface area contributed by atoms with E-state index in [0.29, 0.717) is 12.8 Å². The highest BCUT2D eigenvalue weighted by Crippen LogP contribution is 2.42. The van der Waals surface area contributed by atoms with E-state index in [4.69, 9.17) is 21.2 Å². The number of hydrogen-bond donors (Lipinski definition) is 4. The highest BCUT2D eigenvalue weighted by Gasteiger charge is 2.50. The third kappa shape index (κ3) is 2.50. The molecule has 1 rings (SSSR count). The second kappa shape index (κ2) is 5.83. The van der Waals surface area contributed by atoms with Gasteiger partial charge in [0.1, 0.15) is 5.41 Å². The molecule has 0 atom stereocenters. The first kappa shape index (κ1) is 13.7. The van der Waals surface area contributed by atoms with Gasteiger partial charge in [-0.3, -0.25) is 4.79 Å².